The van der Waals surface area contributed by atoms with E-state index >= 15 is 4.79 Å². The molecule has 17 nitrogen and oxygen atoms in total. The largest absolute Gasteiger partial charge is 0.456 e. The van der Waals surface area contributed by atoms with Crippen LogP contribution in [0.2, 0.25) is 0 Å². The predicted octanol–water partition coefficient (Wildman–Crippen LogP) is 3.27. The van der Waals surface area contributed by atoms with Crippen molar-refractivity contribution < 1.29 is 77.3 Å². The lowest BCUT2D eigenvalue weighted by Gasteiger charge is -2.67. The average molecular weight is 896 g/mol. The Labute approximate surface area is 373 Å². The number of hydrogen-bond donors (Lipinski definition) is 4. The van der Waals surface area contributed by atoms with Gasteiger partial charge >= 0.3 is 29.8 Å². The Morgan fingerprint density at radius 1 is 0.831 bits per heavy atom. The highest BCUT2D eigenvalue weighted by atomic mass is 16.6. The number of ketones is 1. The maximum atomic E-state index is 15.6. The quantitative estimate of drug-likeness (QED) is 0.127. The molecule has 0 aromatic heterocycles. The van der Waals surface area contributed by atoms with Gasteiger partial charge in [-0.3, -0.25) is 19.2 Å². The summed E-state index contributed by atoms with van der Waals surface area (Å²) in [6, 6.07) is 17.4. The normalized spacial score (nSPS) is 34.0. The molecule has 11 atom stereocenters. The summed E-state index contributed by atoms with van der Waals surface area (Å²) in [6.07, 6.45) is -11.1. The fourth-order valence-electron chi connectivity index (χ4n) is 10.7. The first-order valence-electron chi connectivity index (χ1n) is 21.2. The summed E-state index contributed by atoms with van der Waals surface area (Å²) in [6.45, 7) is 7.71. The van der Waals surface area contributed by atoms with E-state index in [4.69, 9.17) is 28.4 Å². The maximum Gasteiger partial charge on any atom is 0.343 e. The predicted molar refractivity (Wildman–Crippen MR) is 223 cm³/mol. The molecule has 3 aliphatic carbocycles. The summed E-state index contributed by atoms with van der Waals surface area (Å²) < 4.78 is 36.0. The molecule has 5 aliphatic rings. The van der Waals surface area contributed by atoms with E-state index in [0.29, 0.717) is 0 Å². The van der Waals surface area contributed by atoms with Crippen molar-refractivity contribution >= 4 is 41.5 Å². The van der Waals surface area contributed by atoms with Crippen LogP contribution in [0.5, 0.6) is 5.75 Å². The first-order valence-corrected chi connectivity index (χ1v) is 21.2. The van der Waals surface area contributed by atoms with Crippen LogP contribution in [0.1, 0.15) is 97.1 Å². The minimum absolute atomic E-state index is 0.0508. The van der Waals surface area contributed by atoms with Gasteiger partial charge in [-0.05, 0) is 73.0 Å². The molecule has 342 valence electrons. The Kier molecular flexibility index (Phi) is 11.4. The second-order valence-corrected chi connectivity index (χ2v) is 18.1. The highest BCUT2D eigenvalue weighted by Crippen LogP contribution is 2.64. The lowest BCUT2D eigenvalue weighted by Crippen LogP contribution is -2.82. The van der Waals surface area contributed by atoms with E-state index in [9.17, 15) is 44.1 Å². The van der Waals surface area contributed by atoms with Crippen molar-refractivity contribution in [3.63, 3.8) is 0 Å². The Morgan fingerprint density at radius 3 is 2.15 bits per heavy atom. The van der Waals surface area contributed by atoms with Gasteiger partial charge in [-0.2, -0.15) is 0 Å². The topological polar surface area (TPSA) is 248 Å². The monoisotopic (exact) mass is 895 g/mol. The van der Waals surface area contributed by atoms with Crippen LogP contribution in [0.4, 0.5) is 0 Å². The van der Waals surface area contributed by atoms with E-state index in [1.54, 1.807) is 18.2 Å². The number of rotatable bonds is 4. The van der Waals surface area contributed by atoms with Crippen LogP contribution < -0.4 is 10.1 Å². The van der Waals surface area contributed by atoms with E-state index in [0.717, 1.165) is 13.8 Å². The Hall–Kier alpha value is -6.27. The third kappa shape index (κ3) is 7.30. The number of fused-ring (bicyclic) bond motifs is 10. The van der Waals surface area contributed by atoms with E-state index in [1.165, 1.54) is 88.4 Å². The molecule has 2 aliphatic heterocycles. The smallest absolute Gasteiger partial charge is 0.343 e. The first kappa shape index (κ1) is 45.3. The molecule has 0 radical (unpaired) electrons. The van der Waals surface area contributed by atoms with Gasteiger partial charge in [0.15, 0.2) is 23.6 Å². The van der Waals surface area contributed by atoms with E-state index < -0.39 is 119 Å². The molecular formula is C48H49NO16. The Balaban J connectivity index is 1.37. The third-order valence-electron chi connectivity index (χ3n) is 14.1. The van der Waals surface area contributed by atoms with E-state index in [-0.39, 0.29) is 52.2 Å². The first-order chi connectivity index (χ1) is 30.6. The van der Waals surface area contributed by atoms with Crippen LogP contribution >= 0.6 is 0 Å². The molecule has 3 aromatic carbocycles. The molecule has 8 rings (SSSR count). The number of esters is 5. The zero-order valence-electron chi connectivity index (χ0n) is 36.4. The second kappa shape index (κ2) is 16.3. The fourth-order valence-corrected chi connectivity index (χ4v) is 10.7. The molecular weight excluding hydrogens is 847 g/mol. The number of ether oxygens (including phenoxy) is 6. The van der Waals surface area contributed by atoms with Crippen LogP contribution in [0.15, 0.2) is 90.0 Å². The molecule has 2 saturated carbocycles. The van der Waals surface area contributed by atoms with Crippen molar-refractivity contribution in [1.29, 1.82) is 0 Å². The standard InChI is InChI=1S/C48H49NO16/c1-23-31-21-48(59)40(38-46(6,32(52)20-33-47(38,22-60-33)65-25(3)51)39(54)37(61-24(2)50)34(23)45(48,4)5)64-43(57)29-16-11-17-30(19-29)62-42(56)28-15-10-14-27(18-28)35(36(53)44(58)63-31)49-41(55)26-12-8-7-9-13-26/h7-19,31-33,35-38,40,52-53,59H,20-22H2,1-6H3,(H,49,55)/t31-,32-,33+,35-,36+,37+,38-,40-,46+,47-,48+/m0/s1. The molecule has 3 fully saturated rings. The van der Waals surface area contributed by atoms with Crippen molar-refractivity contribution in [2.75, 3.05) is 6.61 Å². The molecule has 0 spiro atoms. The number of aliphatic hydroxyl groups excluding tert-OH is 2. The molecule has 3 aromatic rings. The average Bonchev–Trinajstić information content (AvgIpc) is 3.26. The summed E-state index contributed by atoms with van der Waals surface area (Å²) in [5.41, 5.74) is -8.11. The van der Waals surface area contributed by atoms with Gasteiger partial charge in [0.2, 0.25) is 0 Å². The van der Waals surface area contributed by atoms with Crippen LogP contribution in [-0.2, 0) is 42.9 Å². The van der Waals surface area contributed by atoms with Crippen molar-refractivity contribution in [3.05, 3.63) is 112 Å². The lowest BCUT2D eigenvalue weighted by atomic mass is 9.44. The summed E-state index contributed by atoms with van der Waals surface area (Å²) in [5.74, 6) is -8.47. The number of nitrogens with one attached hydrogen (secondary N) is 1. The van der Waals surface area contributed by atoms with Crippen molar-refractivity contribution in [2.45, 2.75) is 108 Å². The van der Waals surface area contributed by atoms with E-state index in [1.807, 2.05) is 0 Å². The minimum Gasteiger partial charge on any atom is -0.456 e. The van der Waals surface area contributed by atoms with Crippen LogP contribution in [0, 0.1) is 16.7 Å². The zero-order valence-corrected chi connectivity index (χ0v) is 36.4. The summed E-state index contributed by atoms with van der Waals surface area (Å²) in [7, 11) is 0. The Morgan fingerprint density at radius 2 is 1.51 bits per heavy atom. The molecule has 1 amide bonds. The van der Waals surface area contributed by atoms with Gasteiger partial charge in [0.05, 0.1) is 41.2 Å². The van der Waals surface area contributed by atoms with Crippen LogP contribution in [0.25, 0.3) is 0 Å². The maximum absolute atomic E-state index is 15.6. The fraction of sp³-hybridized carbons (Fsp3) is 0.438. The number of carbonyl (C=O) groups is 7. The van der Waals surface area contributed by atoms with Crippen molar-refractivity contribution in [2.24, 2.45) is 16.7 Å². The van der Waals surface area contributed by atoms with Gasteiger partial charge in [-0.15, -0.1) is 0 Å². The minimum atomic E-state index is -2.48. The summed E-state index contributed by atoms with van der Waals surface area (Å²) in [4.78, 5) is 98.1. The summed E-state index contributed by atoms with van der Waals surface area (Å²) >= 11 is 0. The van der Waals surface area contributed by atoms with Gasteiger partial charge in [-0.25, -0.2) is 14.4 Å². The van der Waals surface area contributed by atoms with Crippen LogP contribution in [0.3, 0.4) is 0 Å². The van der Waals surface area contributed by atoms with Crippen molar-refractivity contribution in [3.8, 4) is 5.75 Å². The Bertz CT molecular complexity index is 2540. The van der Waals surface area contributed by atoms with E-state index in [2.05, 4.69) is 5.32 Å². The van der Waals surface area contributed by atoms with Crippen LogP contribution in [-0.4, -0.2) is 111 Å². The van der Waals surface area contributed by atoms with Gasteiger partial charge in [0, 0.05) is 37.7 Å². The van der Waals surface area contributed by atoms with Crippen molar-refractivity contribution in [1.82, 2.24) is 5.32 Å². The number of carbonyl (C=O) groups excluding carboxylic acids is 7. The van der Waals surface area contributed by atoms with Gasteiger partial charge < -0.3 is 49.1 Å². The lowest BCUT2D eigenvalue weighted by molar-refractivity contribution is -0.346. The number of benzene rings is 3. The van der Waals surface area contributed by atoms with Gasteiger partial charge in [0.1, 0.15) is 29.7 Å². The highest BCUT2D eigenvalue weighted by Gasteiger charge is 2.78. The number of amides is 1. The zero-order chi connectivity index (χ0) is 47.0. The highest BCUT2D eigenvalue weighted by molar-refractivity contribution is 5.97. The molecule has 2 heterocycles. The summed E-state index contributed by atoms with van der Waals surface area (Å²) in [5, 5.41) is 40.5. The molecule has 65 heavy (non-hydrogen) atoms. The molecule has 7 bridgehead atoms. The molecule has 1 saturated heterocycles. The van der Waals surface area contributed by atoms with Gasteiger partial charge in [0.25, 0.3) is 5.91 Å². The second-order valence-electron chi connectivity index (χ2n) is 18.1. The third-order valence-corrected chi connectivity index (χ3v) is 14.1. The number of aliphatic hydroxyl groups is 3. The number of Topliss-reactive ketones (excluding diaryl/α,β-unsaturated/α-hetero) is 1. The molecule has 0 unspecified atom stereocenters. The molecule has 17 heteroatoms. The SMILES string of the molecule is CC(=O)O[C@H]1C(=O)[C@@]2(C)[C@H]([C@@H]3OC(=O)c4cccc(c4)OC(=O)c4cccc(c4)[C@H](NC(=O)c4ccccc4)[C@@H](O)C(=O)O[C@H]4C[C@]3(O)C(C)(C)C1=C4C)[C@]1(OC(C)=O)CO[C@@H]1C[C@@H]2O. The molecule has 4 N–H and O–H groups in total. The van der Waals surface area contributed by atoms with Gasteiger partial charge in [-0.1, -0.05) is 50.2 Å². The number of hydrogen-bond acceptors (Lipinski definition) is 16.